The van der Waals surface area contributed by atoms with Gasteiger partial charge in [-0.2, -0.15) is 0 Å². The van der Waals surface area contributed by atoms with Gasteiger partial charge in [0.1, 0.15) is 12.4 Å². The normalized spacial score (nSPS) is 10.7. The van der Waals surface area contributed by atoms with E-state index in [1.807, 2.05) is 13.8 Å². The van der Waals surface area contributed by atoms with Crippen molar-refractivity contribution in [2.75, 3.05) is 17.7 Å². The number of nitrogen functional groups attached to an aromatic ring is 2. The number of benzene rings is 2. The molecule has 7 N–H and O–H groups in total. The minimum atomic E-state index is -0.551. The van der Waals surface area contributed by atoms with E-state index < -0.39 is 17.4 Å². The number of ether oxygens (including phenoxy) is 1. The van der Waals surface area contributed by atoms with Gasteiger partial charge >= 0.3 is 5.97 Å². The maximum absolute atomic E-state index is 13.3. The summed E-state index contributed by atoms with van der Waals surface area (Å²) < 4.78 is 6.37. The van der Waals surface area contributed by atoms with E-state index in [-0.39, 0.29) is 43.0 Å². The Morgan fingerprint density at radius 1 is 1.14 bits per heavy atom. The Labute approximate surface area is 214 Å². The van der Waals surface area contributed by atoms with Gasteiger partial charge in [0.25, 0.3) is 5.56 Å². The van der Waals surface area contributed by atoms with Crippen molar-refractivity contribution in [2.24, 2.45) is 5.73 Å². The number of carbonyl (C=O) groups excluding carboxylic acids is 2. The Morgan fingerprint density at radius 2 is 1.84 bits per heavy atom. The van der Waals surface area contributed by atoms with E-state index in [9.17, 15) is 14.4 Å². The van der Waals surface area contributed by atoms with E-state index in [0.717, 1.165) is 5.56 Å². The maximum atomic E-state index is 13.3. The number of nitrogens with one attached hydrogen (secondary N) is 3. The molecule has 0 aliphatic heterocycles. The van der Waals surface area contributed by atoms with Crippen LogP contribution in [0.3, 0.4) is 0 Å². The SMILES string of the molecule is CCOC(=O)c1cc(N)cc(-c2cnc(NC(C)C)c(=O)n2CC(=O)NCc2ccc(C(=N)N)cc2)c1. The first-order chi connectivity index (χ1) is 17.6. The third-order valence-corrected chi connectivity index (χ3v) is 5.30. The molecule has 0 saturated heterocycles. The second kappa shape index (κ2) is 11.8. The van der Waals surface area contributed by atoms with Crippen LogP contribution in [0.25, 0.3) is 11.3 Å². The molecule has 194 valence electrons. The average Bonchev–Trinajstić information content (AvgIpc) is 2.85. The lowest BCUT2D eigenvalue weighted by Crippen LogP contribution is -2.35. The minimum absolute atomic E-state index is 0.0429. The highest BCUT2D eigenvalue weighted by Crippen LogP contribution is 2.24. The fraction of sp³-hybridized carbons (Fsp3) is 0.269. The fourth-order valence-corrected chi connectivity index (χ4v) is 3.58. The fourth-order valence-electron chi connectivity index (χ4n) is 3.58. The van der Waals surface area contributed by atoms with Crippen LogP contribution in [0.1, 0.15) is 42.3 Å². The lowest BCUT2D eigenvalue weighted by Gasteiger charge is -2.17. The molecule has 0 fully saturated rings. The van der Waals surface area contributed by atoms with Gasteiger partial charge in [-0.25, -0.2) is 9.78 Å². The number of amidine groups is 1. The number of nitrogens with zero attached hydrogens (tertiary/aromatic N) is 2. The highest BCUT2D eigenvalue weighted by atomic mass is 16.5. The molecule has 0 aliphatic carbocycles. The molecule has 11 nitrogen and oxygen atoms in total. The smallest absolute Gasteiger partial charge is 0.338 e. The molecule has 3 aromatic rings. The largest absolute Gasteiger partial charge is 0.462 e. The van der Waals surface area contributed by atoms with E-state index in [2.05, 4.69) is 15.6 Å². The molecule has 1 amide bonds. The van der Waals surface area contributed by atoms with Crippen molar-refractivity contribution in [3.63, 3.8) is 0 Å². The average molecular weight is 506 g/mol. The summed E-state index contributed by atoms with van der Waals surface area (Å²) in [4.78, 5) is 42.8. The van der Waals surface area contributed by atoms with Gasteiger partial charge in [-0.15, -0.1) is 0 Å². The van der Waals surface area contributed by atoms with Crippen molar-refractivity contribution >= 4 is 29.2 Å². The quantitative estimate of drug-likeness (QED) is 0.120. The van der Waals surface area contributed by atoms with Gasteiger partial charge in [0, 0.05) is 29.4 Å². The molecule has 0 spiro atoms. The van der Waals surface area contributed by atoms with Gasteiger partial charge in [0.2, 0.25) is 5.91 Å². The van der Waals surface area contributed by atoms with Crippen LogP contribution < -0.4 is 27.7 Å². The summed E-state index contributed by atoms with van der Waals surface area (Å²) in [6.45, 7) is 5.55. The standard InChI is InChI=1S/C26H31N7O4/c1-4-37-26(36)19-9-18(10-20(27)11-19)21-13-31-24(32-15(2)3)25(35)33(21)14-22(34)30-12-16-5-7-17(8-6-16)23(28)29/h5-11,13,15H,4,12,14,27H2,1-3H3,(H3,28,29)(H,30,34)(H,31,32). The van der Waals surface area contributed by atoms with Gasteiger partial charge in [0.05, 0.1) is 24.1 Å². The molecule has 3 rings (SSSR count). The lowest BCUT2D eigenvalue weighted by atomic mass is 10.1. The van der Waals surface area contributed by atoms with Crippen molar-refractivity contribution in [3.8, 4) is 11.3 Å². The molecule has 1 aromatic heterocycles. The number of amides is 1. The third kappa shape index (κ3) is 6.94. The lowest BCUT2D eigenvalue weighted by molar-refractivity contribution is -0.121. The molecule has 0 unspecified atom stereocenters. The number of nitrogens with two attached hydrogens (primary N) is 2. The summed E-state index contributed by atoms with van der Waals surface area (Å²) in [5.74, 6) is -0.903. The summed E-state index contributed by atoms with van der Waals surface area (Å²) in [6.07, 6.45) is 1.46. The predicted molar refractivity (Wildman–Crippen MR) is 142 cm³/mol. The molecular formula is C26H31N7O4. The number of hydrogen-bond acceptors (Lipinski definition) is 8. The molecule has 0 bridgehead atoms. The van der Waals surface area contributed by atoms with Crippen LogP contribution in [-0.4, -0.2) is 39.9 Å². The summed E-state index contributed by atoms with van der Waals surface area (Å²) in [7, 11) is 0. The molecule has 1 heterocycles. The monoisotopic (exact) mass is 505 g/mol. The molecule has 0 atom stereocenters. The Hall–Kier alpha value is -4.67. The van der Waals surface area contributed by atoms with E-state index in [0.29, 0.717) is 22.5 Å². The van der Waals surface area contributed by atoms with Crippen LogP contribution in [0, 0.1) is 5.41 Å². The number of anilines is 2. The summed E-state index contributed by atoms with van der Waals surface area (Å²) >= 11 is 0. The Balaban J connectivity index is 1.93. The second-order valence-electron chi connectivity index (χ2n) is 8.63. The first-order valence-corrected chi connectivity index (χ1v) is 11.7. The van der Waals surface area contributed by atoms with Crippen molar-refractivity contribution in [1.29, 1.82) is 5.41 Å². The second-order valence-corrected chi connectivity index (χ2v) is 8.63. The molecule has 11 heteroatoms. The van der Waals surface area contributed by atoms with Crippen LogP contribution in [-0.2, 0) is 22.6 Å². The summed E-state index contributed by atoms with van der Waals surface area (Å²) in [5, 5.41) is 13.3. The van der Waals surface area contributed by atoms with Crippen LogP contribution in [0.4, 0.5) is 11.5 Å². The van der Waals surface area contributed by atoms with Crippen molar-refractivity contribution < 1.29 is 14.3 Å². The highest BCUT2D eigenvalue weighted by molar-refractivity contribution is 5.95. The van der Waals surface area contributed by atoms with Gasteiger partial charge in [-0.05, 0) is 44.5 Å². The number of hydrogen-bond donors (Lipinski definition) is 5. The highest BCUT2D eigenvalue weighted by Gasteiger charge is 2.18. The van der Waals surface area contributed by atoms with E-state index in [1.165, 1.54) is 16.8 Å². The molecule has 2 aromatic carbocycles. The topological polar surface area (TPSA) is 178 Å². The molecule has 37 heavy (non-hydrogen) atoms. The minimum Gasteiger partial charge on any atom is -0.462 e. The molecule has 0 aliphatic rings. The summed E-state index contributed by atoms with van der Waals surface area (Å²) in [5.41, 5.74) is 13.7. The van der Waals surface area contributed by atoms with Crippen LogP contribution >= 0.6 is 0 Å². The van der Waals surface area contributed by atoms with E-state index in [1.54, 1.807) is 43.3 Å². The van der Waals surface area contributed by atoms with E-state index in [4.69, 9.17) is 21.6 Å². The van der Waals surface area contributed by atoms with Gasteiger partial charge in [-0.1, -0.05) is 24.3 Å². The Bertz CT molecular complexity index is 1360. The molecule has 0 radical (unpaired) electrons. The van der Waals surface area contributed by atoms with Gasteiger partial charge < -0.3 is 26.8 Å². The van der Waals surface area contributed by atoms with Crippen LogP contribution in [0.2, 0.25) is 0 Å². The number of carbonyl (C=O) groups is 2. The van der Waals surface area contributed by atoms with Crippen LogP contribution in [0.15, 0.2) is 53.5 Å². The van der Waals surface area contributed by atoms with Gasteiger partial charge in [-0.3, -0.25) is 19.6 Å². The molecular weight excluding hydrogens is 474 g/mol. The van der Waals surface area contributed by atoms with Crippen molar-refractivity contribution in [2.45, 2.75) is 39.9 Å². The van der Waals surface area contributed by atoms with E-state index >= 15 is 0 Å². The number of rotatable bonds is 10. The zero-order valence-electron chi connectivity index (χ0n) is 21.0. The Kier molecular flexibility index (Phi) is 8.62. The summed E-state index contributed by atoms with van der Waals surface area (Å²) in [6, 6.07) is 11.5. The zero-order valence-corrected chi connectivity index (χ0v) is 21.0. The predicted octanol–water partition coefficient (Wildman–Crippen LogP) is 2.09. The third-order valence-electron chi connectivity index (χ3n) is 5.30. The first kappa shape index (κ1) is 26.9. The van der Waals surface area contributed by atoms with Crippen molar-refractivity contribution in [1.82, 2.24) is 14.9 Å². The van der Waals surface area contributed by atoms with Gasteiger partial charge in [0.15, 0.2) is 5.82 Å². The van der Waals surface area contributed by atoms with Crippen molar-refractivity contribution in [3.05, 3.63) is 75.7 Å². The molecule has 0 saturated carbocycles. The number of aromatic nitrogens is 2. The maximum Gasteiger partial charge on any atom is 0.338 e. The van der Waals surface area contributed by atoms with Crippen LogP contribution in [0.5, 0.6) is 0 Å². The number of esters is 1. The first-order valence-electron chi connectivity index (χ1n) is 11.7. The zero-order chi connectivity index (χ0) is 27.1. The Morgan fingerprint density at radius 3 is 2.46 bits per heavy atom.